The zero-order valence-electron chi connectivity index (χ0n) is 11.2. The lowest BCUT2D eigenvalue weighted by Gasteiger charge is -2.34. The van der Waals surface area contributed by atoms with Gasteiger partial charge in [0.15, 0.2) is 0 Å². The molecule has 96 valence electrons. The maximum Gasteiger partial charge on any atom is 0.321 e. The van der Waals surface area contributed by atoms with E-state index in [-0.39, 0.29) is 6.03 Å². The minimum absolute atomic E-state index is 0.0726. The van der Waals surface area contributed by atoms with Crippen molar-refractivity contribution in [3.63, 3.8) is 0 Å². The van der Waals surface area contributed by atoms with Crippen molar-refractivity contribution in [3.8, 4) is 0 Å². The van der Waals surface area contributed by atoms with E-state index in [1.165, 1.54) is 24.8 Å². The largest absolute Gasteiger partial charge is 0.324 e. The molecule has 3 heteroatoms. The molecule has 1 saturated carbocycles. The Morgan fingerprint density at radius 1 is 1.24 bits per heavy atom. The number of hydrogen-bond acceptors (Lipinski definition) is 1. The summed E-state index contributed by atoms with van der Waals surface area (Å²) >= 11 is 0. The number of allylic oxidation sites excluding steroid dienone is 1. The monoisotopic (exact) mass is 236 g/mol. The van der Waals surface area contributed by atoms with Crippen LogP contribution in [0.3, 0.4) is 0 Å². The first-order valence-corrected chi connectivity index (χ1v) is 6.78. The first-order valence-electron chi connectivity index (χ1n) is 6.78. The van der Waals surface area contributed by atoms with Crippen LogP contribution in [0.4, 0.5) is 4.79 Å². The Balaban J connectivity index is 1.84. The highest BCUT2D eigenvalue weighted by Crippen LogP contribution is 2.35. The van der Waals surface area contributed by atoms with Gasteiger partial charge in [0.1, 0.15) is 0 Å². The van der Waals surface area contributed by atoms with E-state index in [4.69, 9.17) is 0 Å². The van der Waals surface area contributed by atoms with Crippen LogP contribution in [0, 0.1) is 17.8 Å². The van der Waals surface area contributed by atoms with Gasteiger partial charge >= 0.3 is 6.03 Å². The molecule has 2 atom stereocenters. The van der Waals surface area contributed by atoms with E-state index in [0.29, 0.717) is 11.8 Å². The molecule has 0 aromatic rings. The summed E-state index contributed by atoms with van der Waals surface area (Å²) in [7, 11) is 0. The number of nitrogens with one attached hydrogen (secondary N) is 1. The van der Waals surface area contributed by atoms with Gasteiger partial charge in [-0.2, -0.15) is 0 Å². The van der Waals surface area contributed by atoms with Crippen LogP contribution in [0.25, 0.3) is 0 Å². The van der Waals surface area contributed by atoms with Crippen molar-refractivity contribution in [3.05, 3.63) is 11.8 Å². The van der Waals surface area contributed by atoms with Crippen molar-refractivity contribution in [1.82, 2.24) is 10.2 Å². The molecule has 3 nitrogen and oxygen atoms in total. The third kappa shape index (κ3) is 3.48. The highest BCUT2D eigenvalue weighted by atomic mass is 16.2. The second-order valence-corrected chi connectivity index (χ2v) is 5.96. The number of hydrogen-bond donors (Lipinski definition) is 1. The van der Waals surface area contributed by atoms with Gasteiger partial charge in [-0.3, -0.25) is 0 Å². The molecule has 1 aliphatic heterocycles. The predicted molar refractivity (Wildman–Crippen MR) is 69.5 cm³/mol. The Morgan fingerprint density at radius 2 is 1.82 bits per heavy atom. The molecule has 0 bridgehead atoms. The van der Waals surface area contributed by atoms with Crippen LogP contribution in [0.5, 0.6) is 0 Å². The van der Waals surface area contributed by atoms with Gasteiger partial charge in [0, 0.05) is 19.3 Å². The fraction of sp³-hybridized carbons (Fsp3) is 0.786. The van der Waals surface area contributed by atoms with Crippen LogP contribution >= 0.6 is 0 Å². The predicted octanol–water partition coefficient (Wildman–Crippen LogP) is 2.99. The summed E-state index contributed by atoms with van der Waals surface area (Å²) in [6.45, 7) is 8.35. The van der Waals surface area contributed by atoms with Crippen molar-refractivity contribution in [2.24, 2.45) is 17.8 Å². The topological polar surface area (TPSA) is 32.3 Å². The molecule has 2 amide bonds. The molecular weight excluding hydrogens is 212 g/mol. The fourth-order valence-corrected chi connectivity index (χ4v) is 2.75. The van der Waals surface area contributed by atoms with Crippen molar-refractivity contribution < 1.29 is 4.79 Å². The summed E-state index contributed by atoms with van der Waals surface area (Å²) in [6, 6.07) is 0.0726. The smallest absolute Gasteiger partial charge is 0.321 e. The summed E-state index contributed by atoms with van der Waals surface area (Å²) in [6.07, 6.45) is 5.72. The van der Waals surface area contributed by atoms with Crippen molar-refractivity contribution in [2.45, 2.75) is 40.0 Å². The van der Waals surface area contributed by atoms with Gasteiger partial charge < -0.3 is 10.2 Å². The summed E-state index contributed by atoms with van der Waals surface area (Å²) < 4.78 is 0. The molecule has 2 rings (SSSR count). The van der Waals surface area contributed by atoms with E-state index < -0.39 is 0 Å². The number of likely N-dealkylation sites (tertiary alicyclic amines) is 1. The van der Waals surface area contributed by atoms with Gasteiger partial charge in [-0.15, -0.1) is 0 Å². The van der Waals surface area contributed by atoms with Gasteiger partial charge in [0.05, 0.1) is 0 Å². The summed E-state index contributed by atoms with van der Waals surface area (Å²) in [5, 5.41) is 2.94. The molecule has 0 aromatic carbocycles. The van der Waals surface area contributed by atoms with Crippen LogP contribution < -0.4 is 5.32 Å². The molecule has 2 unspecified atom stereocenters. The molecule has 0 radical (unpaired) electrons. The molecule has 2 aliphatic rings. The standard InChI is InChI=1S/C14H24N2O/c1-10-6-11(2)9-16(8-10)14(17)15-7-12(3)13-4-5-13/h7,10-11,13H,4-6,8-9H2,1-3H3,(H,15,17)/b12-7+. The molecule has 1 saturated heterocycles. The Bertz CT molecular complexity index is 310. The first-order chi connectivity index (χ1) is 8.06. The SMILES string of the molecule is C/C(=C\NC(=O)N1CC(C)CC(C)C1)C1CC1. The Morgan fingerprint density at radius 3 is 2.35 bits per heavy atom. The molecule has 1 aliphatic carbocycles. The number of piperidine rings is 1. The van der Waals surface area contributed by atoms with E-state index >= 15 is 0 Å². The highest BCUT2D eigenvalue weighted by molar-refractivity contribution is 5.75. The maximum atomic E-state index is 12.0. The molecule has 17 heavy (non-hydrogen) atoms. The minimum Gasteiger partial charge on any atom is -0.324 e. The normalized spacial score (nSPS) is 30.3. The third-order valence-corrected chi connectivity index (χ3v) is 3.80. The first kappa shape index (κ1) is 12.5. The Hall–Kier alpha value is -0.990. The fourth-order valence-electron chi connectivity index (χ4n) is 2.75. The average Bonchev–Trinajstić information content (AvgIpc) is 3.07. The quantitative estimate of drug-likeness (QED) is 0.785. The lowest BCUT2D eigenvalue weighted by atomic mass is 9.92. The van der Waals surface area contributed by atoms with Gasteiger partial charge in [-0.05, 0) is 43.9 Å². The zero-order chi connectivity index (χ0) is 12.4. The number of nitrogens with zero attached hydrogens (tertiary/aromatic N) is 1. The highest BCUT2D eigenvalue weighted by Gasteiger charge is 2.26. The number of urea groups is 1. The van der Waals surface area contributed by atoms with Crippen LogP contribution in [-0.4, -0.2) is 24.0 Å². The molecule has 1 N–H and O–H groups in total. The van der Waals surface area contributed by atoms with Gasteiger partial charge in [0.25, 0.3) is 0 Å². The summed E-state index contributed by atoms with van der Waals surface area (Å²) in [4.78, 5) is 14.0. The lowest BCUT2D eigenvalue weighted by molar-refractivity contribution is 0.149. The molecule has 0 spiro atoms. The van der Waals surface area contributed by atoms with E-state index in [1.54, 1.807) is 0 Å². The second kappa shape index (κ2) is 5.11. The van der Waals surface area contributed by atoms with Crippen molar-refractivity contribution >= 4 is 6.03 Å². The summed E-state index contributed by atoms with van der Waals surface area (Å²) in [5.74, 6) is 1.98. The van der Waals surface area contributed by atoms with E-state index in [1.807, 2.05) is 11.1 Å². The average molecular weight is 236 g/mol. The number of carbonyl (C=O) groups is 1. The van der Waals surface area contributed by atoms with E-state index in [9.17, 15) is 4.79 Å². The van der Waals surface area contributed by atoms with Crippen molar-refractivity contribution in [1.29, 1.82) is 0 Å². The van der Waals surface area contributed by atoms with Crippen molar-refractivity contribution in [2.75, 3.05) is 13.1 Å². The van der Waals surface area contributed by atoms with E-state index in [2.05, 4.69) is 26.1 Å². The van der Waals surface area contributed by atoms with Crippen LogP contribution in [0.1, 0.15) is 40.0 Å². The van der Waals surface area contributed by atoms with Gasteiger partial charge in [-0.25, -0.2) is 4.79 Å². The van der Waals surface area contributed by atoms with Gasteiger partial charge in [0.2, 0.25) is 0 Å². The lowest BCUT2D eigenvalue weighted by Crippen LogP contribution is -2.46. The Kier molecular flexibility index (Phi) is 3.75. The Labute approximate surface area is 104 Å². The molecule has 2 fully saturated rings. The number of carbonyl (C=O) groups excluding carboxylic acids is 1. The maximum absolute atomic E-state index is 12.0. The van der Waals surface area contributed by atoms with Crippen LogP contribution in [0.15, 0.2) is 11.8 Å². The van der Waals surface area contributed by atoms with Crippen LogP contribution in [0.2, 0.25) is 0 Å². The molecular formula is C14H24N2O. The number of rotatable bonds is 2. The summed E-state index contributed by atoms with van der Waals surface area (Å²) in [5.41, 5.74) is 1.32. The molecule has 1 heterocycles. The minimum atomic E-state index is 0.0726. The third-order valence-electron chi connectivity index (χ3n) is 3.80. The van der Waals surface area contributed by atoms with E-state index in [0.717, 1.165) is 19.0 Å². The number of amides is 2. The van der Waals surface area contributed by atoms with Gasteiger partial charge in [-0.1, -0.05) is 19.4 Å². The zero-order valence-corrected chi connectivity index (χ0v) is 11.2. The second-order valence-electron chi connectivity index (χ2n) is 5.96. The molecule has 0 aromatic heterocycles. The van der Waals surface area contributed by atoms with Crippen LogP contribution in [-0.2, 0) is 0 Å².